The summed E-state index contributed by atoms with van der Waals surface area (Å²) in [6, 6.07) is 5.97. The molecule has 78 valence electrons. The summed E-state index contributed by atoms with van der Waals surface area (Å²) in [5.74, 6) is 0. The SMILES string of the molecule is N#Cc1ccc([N+](=O)[O-])c(-n2cncn2)c1. The van der Waals surface area contributed by atoms with Gasteiger partial charge >= 0.3 is 0 Å². The Kier molecular flexibility index (Phi) is 2.31. The van der Waals surface area contributed by atoms with Crippen molar-refractivity contribution in [3.05, 3.63) is 46.5 Å². The van der Waals surface area contributed by atoms with E-state index in [2.05, 4.69) is 10.1 Å². The lowest BCUT2D eigenvalue weighted by Gasteiger charge is -2.01. The van der Waals surface area contributed by atoms with Crippen LogP contribution >= 0.6 is 0 Å². The molecule has 0 radical (unpaired) electrons. The molecular weight excluding hydrogens is 210 g/mol. The average molecular weight is 215 g/mol. The number of hydrogen-bond donors (Lipinski definition) is 0. The second kappa shape index (κ2) is 3.78. The fraction of sp³-hybridized carbons (Fsp3) is 0. The summed E-state index contributed by atoms with van der Waals surface area (Å²) in [5.41, 5.74) is 0.433. The first-order valence-corrected chi connectivity index (χ1v) is 4.26. The molecule has 1 aromatic heterocycles. The van der Waals surface area contributed by atoms with E-state index in [0.717, 1.165) is 0 Å². The lowest BCUT2D eigenvalue weighted by molar-refractivity contribution is -0.384. The minimum atomic E-state index is -0.530. The van der Waals surface area contributed by atoms with E-state index in [0.29, 0.717) is 5.56 Å². The number of nitrogens with zero attached hydrogens (tertiary/aromatic N) is 5. The van der Waals surface area contributed by atoms with Gasteiger partial charge in [-0.15, -0.1) is 0 Å². The Hall–Kier alpha value is -2.75. The monoisotopic (exact) mass is 215 g/mol. The zero-order chi connectivity index (χ0) is 11.5. The first-order valence-electron chi connectivity index (χ1n) is 4.26. The zero-order valence-corrected chi connectivity index (χ0v) is 7.94. The van der Waals surface area contributed by atoms with Crippen LogP contribution < -0.4 is 0 Å². The highest BCUT2D eigenvalue weighted by Crippen LogP contribution is 2.22. The number of hydrogen-bond acceptors (Lipinski definition) is 5. The molecule has 0 bridgehead atoms. The van der Waals surface area contributed by atoms with Crippen LogP contribution in [0, 0.1) is 21.4 Å². The summed E-state index contributed by atoms with van der Waals surface area (Å²) >= 11 is 0. The highest BCUT2D eigenvalue weighted by Gasteiger charge is 2.16. The molecule has 0 aliphatic heterocycles. The van der Waals surface area contributed by atoms with Crippen molar-refractivity contribution in [2.45, 2.75) is 0 Å². The molecule has 2 aromatic rings. The minimum absolute atomic E-state index is 0.121. The van der Waals surface area contributed by atoms with Crippen LogP contribution in [0.4, 0.5) is 5.69 Å². The van der Waals surface area contributed by atoms with Gasteiger partial charge in [-0.1, -0.05) is 0 Å². The molecule has 7 heteroatoms. The Bertz CT molecular complexity index is 570. The first-order chi connectivity index (χ1) is 7.72. The van der Waals surface area contributed by atoms with Crippen LogP contribution in [0.15, 0.2) is 30.9 Å². The van der Waals surface area contributed by atoms with Crippen molar-refractivity contribution in [2.24, 2.45) is 0 Å². The molecule has 0 unspecified atom stereocenters. The maximum absolute atomic E-state index is 10.8. The Morgan fingerprint density at radius 2 is 2.31 bits per heavy atom. The van der Waals surface area contributed by atoms with Crippen molar-refractivity contribution in [1.29, 1.82) is 5.26 Å². The van der Waals surface area contributed by atoms with E-state index in [4.69, 9.17) is 5.26 Å². The van der Waals surface area contributed by atoms with Crippen LogP contribution in [0.5, 0.6) is 0 Å². The summed E-state index contributed by atoms with van der Waals surface area (Å²) in [4.78, 5) is 13.9. The fourth-order valence-electron chi connectivity index (χ4n) is 1.26. The maximum atomic E-state index is 10.8. The molecule has 0 atom stereocenters. The van der Waals surface area contributed by atoms with Gasteiger partial charge in [0.05, 0.1) is 16.6 Å². The molecule has 0 N–H and O–H groups in total. The molecule has 0 fully saturated rings. The Morgan fingerprint density at radius 1 is 1.50 bits per heavy atom. The van der Waals surface area contributed by atoms with Crippen molar-refractivity contribution in [3.8, 4) is 11.8 Å². The molecule has 7 nitrogen and oxygen atoms in total. The average Bonchev–Trinajstić information content (AvgIpc) is 2.81. The topological polar surface area (TPSA) is 97.6 Å². The second-order valence-electron chi connectivity index (χ2n) is 2.91. The molecule has 0 aliphatic rings. The van der Waals surface area contributed by atoms with Crippen molar-refractivity contribution in [3.63, 3.8) is 0 Å². The van der Waals surface area contributed by atoms with E-state index in [-0.39, 0.29) is 11.4 Å². The van der Waals surface area contributed by atoms with Gasteiger partial charge in [0.2, 0.25) is 0 Å². The Labute approximate surface area is 89.7 Å². The summed E-state index contributed by atoms with van der Waals surface area (Å²) in [5, 5.41) is 23.3. The smallest absolute Gasteiger partial charge is 0.258 e. The van der Waals surface area contributed by atoms with Crippen molar-refractivity contribution >= 4 is 5.69 Å². The third-order valence-corrected chi connectivity index (χ3v) is 1.97. The number of rotatable bonds is 2. The Morgan fingerprint density at radius 3 is 2.88 bits per heavy atom. The van der Waals surface area contributed by atoms with Crippen molar-refractivity contribution in [1.82, 2.24) is 14.8 Å². The van der Waals surface area contributed by atoms with Crippen LogP contribution in [0.25, 0.3) is 5.69 Å². The molecule has 2 rings (SSSR count). The van der Waals surface area contributed by atoms with Crippen LogP contribution in [-0.2, 0) is 0 Å². The van der Waals surface area contributed by atoms with E-state index >= 15 is 0 Å². The molecular formula is C9H5N5O2. The van der Waals surface area contributed by atoms with Gasteiger partial charge in [0.1, 0.15) is 18.3 Å². The van der Waals surface area contributed by atoms with Crippen molar-refractivity contribution in [2.75, 3.05) is 0 Å². The zero-order valence-electron chi connectivity index (χ0n) is 7.94. The number of nitriles is 1. The number of nitro benzene ring substituents is 1. The lowest BCUT2D eigenvalue weighted by Crippen LogP contribution is -2.01. The third-order valence-electron chi connectivity index (χ3n) is 1.97. The van der Waals surface area contributed by atoms with Gasteiger partial charge in [-0.05, 0) is 12.1 Å². The number of nitro groups is 1. The number of aromatic nitrogens is 3. The third kappa shape index (κ3) is 1.59. The van der Waals surface area contributed by atoms with Gasteiger partial charge < -0.3 is 0 Å². The summed E-state index contributed by atoms with van der Waals surface area (Å²) in [7, 11) is 0. The largest absolute Gasteiger partial charge is 0.295 e. The first kappa shape index (κ1) is 9.79. The van der Waals surface area contributed by atoms with Crippen LogP contribution in [-0.4, -0.2) is 19.7 Å². The highest BCUT2D eigenvalue weighted by atomic mass is 16.6. The van der Waals surface area contributed by atoms with Gasteiger partial charge in [0, 0.05) is 6.07 Å². The molecule has 0 spiro atoms. The molecule has 0 saturated carbocycles. The predicted molar refractivity (Wildman–Crippen MR) is 52.7 cm³/mol. The van der Waals surface area contributed by atoms with Gasteiger partial charge in [0.25, 0.3) is 5.69 Å². The number of benzene rings is 1. The molecule has 0 aliphatic carbocycles. The standard InChI is InChI=1S/C9H5N5O2/c10-4-7-1-2-8(14(15)16)9(3-7)13-6-11-5-12-13/h1-3,5-6H. The van der Waals surface area contributed by atoms with Gasteiger partial charge in [0.15, 0.2) is 0 Å². The fourth-order valence-corrected chi connectivity index (χ4v) is 1.26. The lowest BCUT2D eigenvalue weighted by atomic mass is 10.2. The van der Waals surface area contributed by atoms with E-state index in [1.807, 2.05) is 6.07 Å². The van der Waals surface area contributed by atoms with Crippen LogP contribution in [0.1, 0.15) is 5.56 Å². The second-order valence-corrected chi connectivity index (χ2v) is 2.91. The maximum Gasteiger partial charge on any atom is 0.295 e. The quantitative estimate of drug-likeness (QED) is 0.550. The van der Waals surface area contributed by atoms with Gasteiger partial charge in [-0.25, -0.2) is 9.67 Å². The normalized spacial score (nSPS) is 9.69. The van der Waals surface area contributed by atoms with E-state index in [1.54, 1.807) is 0 Å². The van der Waals surface area contributed by atoms with E-state index < -0.39 is 4.92 Å². The molecule has 1 aromatic carbocycles. The summed E-state index contributed by atoms with van der Waals surface area (Å²) in [6.45, 7) is 0. The Balaban J connectivity index is 2.65. The highest BCUT2D eigenvalue weighted by molar-refractivity contribution is 5.55. The predicted octanol–water partition coefficient (Wildman–Crippen LogP) is 1.05. The van der Waals surface area contributed by atoms with Gasteiger partial charge in [-0.3, -0.25) is 10.1 Å². The summed E-state index contributed by atoms with van der Waals surface area (Å²) in [6.07, 6.45) is 2.60. The van der Waals surface area contributed by atoms with Crippen LogP contribution in [0.2, 0.25) is 0 Å². The van der Waals surface area contributed by atoms with E-state index in [1.165, 1.54) is 35.5 Å². The minimum Gasteiger partial charge on any atom is -0.258 e. The molecule has 0 amide bonds. The molecule has 1 heterocycles. The van der Waals surface area contributed by atoms with Crippen molar-refractivity contribution < 1.29 is 4.92 Å². The molecule has 0 saturated heterocycles. The van der Waals surface area contributed by atoms with Gasteiger partial charge in [-0.2, -0.15) is 10.4 Å². The molecule has 16 heavy (non-hydrogen) atoms. The van der Waals surface area contributed by atoms with E-state index in [9.17, 15) is 10.1 Å². The van der Waals surface area contributed by atoms with Crippen LogP contribution in [0.3, 0.4) is 0 Å². The summed E-state index contributed by atoms with van der Waals surface area (Å²) < 4.78 is 1.25.